The molecule has 2 N–H and O–H groups in total. The van der Waals surface area contributed by atoms with E-state index in [0.29, 0.717) is 16.7 Å². The molecular formula is C24H20N6O2. The molecule has 0 fully saturated rings. The van der Waals surface area contributed by atoms with Crippen LogP contribution in [-0.4, -0.2) is 30.9 Å². The lowest BCUT2D eigenvalue weighted by Crippen LogP contribution is -2.32. The van der Waals surface area contributed by atoms with Gasteiger partial charge >= 0.3 is 0 Å². The fraction of sp³-hybridized carbons (Fsp3) is 0.125. The van der Waals surface area contributed by atoms with E-state index in [1.165, 1.54) is 4.68 Å². The number of para-hydroxylation sites is 2. The molecule has 8 heteroatoms. The van der Waals surface area contributed by atoms with E-state index in [9.17, 15) is 9.59 Å². The van der Waals surface area contributed by atoms with Gasteiger partial charge in [0.2, 0.25) is 5.91 Å². The minimum absolute atomic E-state index is 0.0799. The monoisotopic (exact) mass is 424 g/mol. The molecule has 1 unspecified atom stereocenters. The van der Waals surface area contributed by atoms with Gasteiger partial charge in [0.15, 0.2) is 0 Å². The van der Waals surface area contributed by atoms with Gasteiger partial charge in [0.05, 0.1) is 23.0 Å². The number of carbonyl (C=O) groups is 1. The predicted octanol–water partition coefficient (Wildman–Crippen LogP) is 2.96. The van der Waals surface area contributed by atoms with Crippen LogP contribution in [0.15, 0.2) is 83.7 Å². The molecule has 2 heterocycles. The molecule has 0 radical (unpaired) electrons. The first kappa shape index (κ1) is 19.6. The van der Waals surface area contributed by atoms with Crippen LogP contribution >= 0.6 is 0 Å². The van der Waals surface area contributed by atoms with Crippen LogP contribution in [0.4, 0.5) is 0 Å². The van der Waals surface area contributed by atoms with E-state index < -0.39 is 6.04 Å². The molecule has 5 rings (SSSR count). The van der Waals surface area contributed by atoms with Gasteiger partial charge in [-0.3, -0.25) is 9.59 Å². The van der Waals surface area contributed by atoms with E-state index in [1.54, 1.807) is 24.3 Å². The van der Waals surface area contributed by atoms with Crippen molar-refractivity contribution in [2.45, 2.75) is 19.0 Å². The lowest BCUT2D eigenvalue weighted by molar-refractivity contribution is -0.121. The second-order valence-electron chi connectivity index (χ2n) is 7.44. The molecule has 0 aliphatic heterocycles. The van der Waals surface area contributed by atoms with Crippen LogP contribution in [0.5, 0.6) is 0 Å². The second-order valence-corrected chi connectivity index (χ2v) is 7.44. The Balaban J connectivity index is 1.37. The molecule has 0 spiro atoms. The third-order valence-corrected chi connectivity index (χ3v) is 5.30. The number of hydrogen-bond acceptors (Lipinski definition) is 5. The van der Waals surface area contributed by atoms with E-state index in [2.05, 4.69) is 25.6 Å². The van der Waals surface area contributed by atoms with E-state index in [1.807, 2.05) is 54.6 Å². The number of hydrogen-bond donors (Lipinski definition) is 2. The van der Waals surface area contributed by atoms with Crippen molar-refractivity contribution in [2.24, 2.45) is 0 Å². The van der Waals surface area contributed by atoms with Crippen LogP contribution in [0, 0.1) is 0 Å². The molecule has 0 aliphatic rings. The highest BCUT2D eigenvalue weighted by Crippen LogP contribution is 2.22. The van der Waals surface area contributed by atoms with E-state index in [4.69, 9.17) is 0 Å². The third kappa shape index (κ3) is 3.85. The van der Waals surface area contributed by atoms with Crippen molar-refractivity contribution in [3.8, 4) is 0 Å². The topological polar surface area (TPSA) is 106 Å². The Kier molecular flexibility index (Phi) is 5.17. The third-order valence-electron chi connectivity index (χ3n) is 5.30. The highest BCUT2D eigenvalue weighted by molar-refractivity contribution is 5.78. The van der Waals surface area contributed by atoms with Crippen LogP contribution in [0.2, 0.25) is 0 Å². The first-order chi connectivity index (χ1) is 15.7. The van der Waals surface area contributed by atoms with Gasteiger partial charge in [-0.2, -0.15) is 0 Å². The maximum Gasteiger partial charge on any atom is 0.277 e. The molecule has 3 aromatic carbocycles. The fourth-order valence-electron chi connectivity index (χ4n) is 3.67. The zero-order valence-corrected chi connectivity index (χ0v) is 17.1. The molecule has 1 amide bonds. The van der Waals surface area contributed by atoms with Gasteiger partial charge in [-0.05, 0) is 29.8 Å². The number of aromatic nitrogens is 5. The van der Waals surface area contributed by atoms with Crippen molar-refractivity contribution < 1.29 is 4.79 Å². The Bertz CT molecular complexity index is 1420. The van der Waals surface area contributed by atoms with Gasteiger partial charge in [-0.1, -0.05) is 59.8 Å². The van der Waals surface area contributed by atoms with Crippen LogP contribution < -0.4 is 10.9 Å². The molecule has 32 heavy (non-hydrogen) atoms. The number of imidazole rings is 1. The van der Waals surface area contributed by atoms with Crippen molar-refractivity contribution in [1.29, 1.82) is 0 Å². The van der Waals surface area contributed by atoms with Crippen molar-refractivity contribution in [2.75, 3.05) is 0 Å². The molecule has 158 valence electrons. The number of benzene rings is 3. The summed E-state index contributed by atoms with van der Waals surface area (Å²) in [4.78, 5) is 33.4. The summed E-state index contributed by atoms with van der Waals surface area (Å²) in [5.41, 5.74) is 2.90. The molecular weight excluding hydrogens is 404 g/mol. The Hall–Kier alpha value is -4.33. The van der Waals surface area contributed by atoms with Crippen molar-refractivity contribution >= 4 is 27.8 Å². The summed E-state index contributed by atoms with van der Waals surface area (Å²) in [6, 6.07) is 23.9. The maximum atomic E-state index is 12.8. The van der Waals surface area contributed by atoms with Gasteiger partial charge in [0.1, 0.15) is 17.4 Å². The maximum absolute atomic E-state index is 12.8. The molecule has 8 nitrogen and oxygen atoms in total. The molecule has 0 bridgehead atoms. The first-order valence-corrected chi connectivity index (χ1v) is 10.3. The number of aryl methyl sites for hydroxylation is 1. The summed E-state index contributed by atoms with van der Waals surface area (Å²) in [6.45, 7) is 0.129. The number of nitrogens with one attached hydrogen (secondary N) is 2. The standard InChI is InChI=1S/C24H20N6O2/c31-21(14-15-30-24(32)17-10-4-5-11-18(17)28-29-30)27-22(16-8-2-1-3-9-16)23-25-19-12-6-7-13-20(19)26-23/h1-13,22H,14-15H2,(H,25,26)(H,27,31). The molecule has 0 saturated carbocycles. The van der Waals surface area contributed by atoms with Crippen molar-refractivity contribution in [3.05, 3.63) is 101 Å². The second kappa shape index (κ2) is 8.43. The predicted molar refractivity (Wildman–Crippen MR) is 121 cm³/mol. The summed E-state index contributed by atoms with van der Waals surface area (Å²) in [5.74, 6) is 0.426. The van der Waals surface area contributed by atoms with Crippen LogP contribution in [0.25, 0.3) is 21.9 Å². The van der Waals surface area contributed by atoms with E-state index in [0.717, 1.165) is 16.6 Å². The van der Waals surface area contributed by atoms with Crippen LogP contribution in [-0.2, 0) is 11.3 Å². The Morgan fingerprint density at radius 3 is 2.47 bits per heavy atom. The first-order valence-electron chi connectivity index (χ1n) is 10.3. The summed E-state index contributed by atoms with van der Waals surface area (Å²) < 4.78 is 1.22. The minimum Gasteiger partial charge on any atom is -0.342 e. The zero-order chi connectivity index (χ0) is 21.9. The smallest absolute Gasteiger partial charge is 0.277 e. The van der Waals surface area contributed by atoms with Crippen molar-refractivity contribution in [3.63, 3.8) is 0 Å². The number of aromatic amines is 1. The number of fused-ring (bicyclic) bond motifs is 2. The lowest BCUT2D eigenvalue weighted by atomic mass is 10.1. The minimum atomic E-state index is -0.449. The fourth-order valence-corrected chi connectivity index (χ4v) is 3.67. The van der Waals surface area contributed by atoms with E-state index in [-0.39, 0.29) is 24.4 Å². The number of carbonyl (C=O) groups excluding carboxylic acids is 1. The van der Waals surface area contributed by atoms with Crippen LogP contribution in [0.3, 0.4) is 0 Å². The largest absolute Gasteiger partial charge is 0.342 e. The van der Waals surface area contributed by atoms with Crippen LogP contribution in [0.1, 0.15) is 23.9 Å². The molecule has 0 saturated heterocycles. The number of H-pyrrole nitrogens is 1. The molecule has 5 aromatic rings. The Morgan fingerprint density at radius 2 is 1.66 bits per heavy atom. The molecule has 2 aromatic heterocycles. The number of rotatable bonds is 6. The average Bonchev–Trinajstić information content (AvgIpc) is 3.27. The lowest BCUT2D eigenvalue weighted by Gasteiger charge is -2.17. The van der Waals surface area contributed by atoms with Gasteiger partial charge in [0, 0.05) is 6.42 Å². The summed E-state index contributed by atoms with van der Waals surface area (Å²) in [7, 11) is 0. The van der Waals surface area contributed by atoms with Gasteiger partial charge in [-0.15, -0.1) is 5.10 Å². The Morgan fingerprint density at radius 1 is 0.938 bits per heavy atom. The van der Waals surface area contributed by atoms with Gasteiger partial charge in [-0.25, -0.2) is 9.67 Å². The van der Waals surface area contributed by atoms with Gasteiger partial charge < -0.3 is 10.3 Å². The quantitative estimate of drug-likeness (QED) is 0.436. The molecule has 1 atom stereocenters. The van der Waals surface area contributed by atoms with Gasteiger partial charge in [0.25, 0.3) is 5.56 Å². The highest BCUT2D eigenvalue weighted by Gasteiger charge is 2.20. The number of amides is 1. The molecule has 0 aliphatic carbocycles. The van der Waals surface area contributed by atoms with Crippen molar-refractivity contribution in [1.82, 2.24) is 30.3 Å². The normalized spacial score (nSPS) is 12.1. The summed E-state index contributed by atoms with van der Waals surface area (Å²) >= 11 is 0. The number of nitrogens with zero attached hydrogens (tertiary/aromatic N) is 4. The van der Waals surface area contributed by atoms with E-state index >= 15 is 0 Å². The highest BCUT2D eigenvalue weighted by atomic mass is 16.2. The summed E-state index contributed by atoms with van der Waals surface area (Å²) in [5, 5.41) is 11.5. The summed E-state index contributed by atoms with van der Waals surface area (Å²) in [6.07, 6.45) is 0.0799. The Labute approximate surface area is 182 Å². The zero-order valence-electron chi connectivity index (χ0n) is 17.1. The average molecular weight is 424 g/mol. The SMILES string of the molecule is O=C(CCn1nnc2ccccc2c1=O)NC(c1ccccc1)c1nc2ccccc2[nH]1.